The quantitative estimate of drug-likeness (QED) is 0.913. The minimum absolute atomic E-state index is 0.101. The maximum Gasteiger partial charge on any atom is 0.276 e. The molecule has 0 saturated heterocycles. The largest absolute Gasteiger partial charge is 0.395 e. The number of aromatic nitrogens is 2. The summed E-state index contributed by atoms with van der Waals surface area (Å²) in [5.41, 5.74) is 8.18. The molecule has 0 spiro atoms. The maximum atomic E-state index is 12.4. The van der Waals surface area contributed by atoms with E-state index < -0.39 is 0 Å². The molecule has 1 atom stereocenters. The molecule has 0 fully saturated rings. The van der Waals surface area contributed by atoms with Crippen molar-refractivity contribution in [3.8, 4) is 0 Å². The summed E-state index contributed by atoms with van der Waals surface area (Å²) in [6, 6.07) is 7.31. The molecular formula is C14H17ClN4O. The second-order valence-corrected chi connectivity index (χ2v) is 5.19. The fourth-order valence-electron chi connectivity index (χ4n) is 1.91. The number of nitrogens with one attached hydrogen (secondary N) is 1. The molecule has 0 radical (unpaired) electrons. The van der Waals surface area contributed by atoms with Gasteiger partial charge in [-0.2, -0.15) is 5.10 Å². The van der Waals surface area contributed by atoms with Gasteiger partial charge < -0.3 is 10.6 Å². The number of nitrogens with zero attached hydrogens (tertiary/aromatic N) is 2. The van der Waals surface area contributed by atoms with Crippen LogP contribution in [0.2, 0.25) is 5.02 Å². The van der Waals surface area contributed by atoms with Gasteiger partial charge in [0.25, 0.3) is 5.91 Å². The van der Waals surface area contributed by atoms with Gasteiger partial charge in [-0.15, -0.1) is 0 Å². The molecule has 0 aliphatic heterocycles. The van der Waals surface area contributed by atoms with Crippen LogP contribution in [0.15, 0.2) is 24.3 Å². The summed E-state index contributed by atoms with van der Waals surface area (Å²) in [6.07, 6.45) is 0. The molecule has 0 aliphatic carbocycles. The first kappa shape index (κ1) is 14.4. The Bertz CT molecular complexity index is 621. The first-order valence-corrected chi connectivity index (χ1v) is 6.62. The predicted octanol–water partition coefficient (Wildman–Crippen LogP) is 2.79. The zero-order chi connectivity index (χ0) is 14.9. The number of nitrogens with two attached hydrogens (primary N) is 1. The van der Waals surface area contributed by atoms with Crippen LogP contribution in [-0.2, 0) is 0 Å². The molecule has 1 aromatic carbocycles. The van der Waals surface area contributed by atoms with Gasteiger partial charge in [0.1, 0.15) is 0 Å². The van der Waals surface area contributed by atoms with E-state index in [1.165, 1.54) is 0 Å². The second-order valence-electron chi connectivity index (χ2n) is 4.75. The van der Waals surface area contributed by atoms with Crippen LogP contribution in [-0.4, -0.2) is 28.1 Å². The van der Waals surface area contributed by atoms with E-state index in [9.17, 15) is 4.79 Å². The number of hydrogen-bond donors (Lipinski definition) is 2. The summed E-state index contributed by atoms with van der Waals surface area (Å²) in [5, 5.41) is 7.35. The lowest BCUT2D eigenvalue weighted by Gasteiger charge is -2.24. The van der Waals surface area contributed by atoms with Gasteiger partial charge in [0.05, 0.1) is 17.4 Å². The number of aryl methyl sites for hydroxylation is 1. The van der Waals surface area contributed by atoms with Crippen LogP contribution in [0, 0.1) is 6.92 Å². The van der Waals surface area contributed by atoms with E-state index in [1.54, 1.807) is 31.0 Å². The highest BCUT2D eigenvalue weighted by Gasteiger charge is 2.23. The summed E-state index contributed by atoms with van der Waals surface area (Å²) in [6.45, 7) is 3.72. The third-order valence-electron chi connectivity index (χ3n) is 3.45. The molecule has 5 nitrogen and oxygen atoms in total. The van der Waals surface area contributed by atoms with Crippen molar-refractivity contribution in [3.63, 3.8) is 0 Å². The summed E-state index contributed by atoms with van der Waals surface area (Å²) < 4.78 is 0. The standard InChI is InChI=1S/C14H17ClN4O/c1-8-12(16)13(18-17-8)14(20)19(3)9(2)10-4-6-11(15)7-5-10/h4-7,9H,16H2,1-3H3,(H,17,18). The van der Waals surface area contributed by atoms with Crippen molar-refractivity contribution in [1.29, 1.82) is 0 Å². The smallest absolute Gasteiger partial charge is 0.276 e. The lowest BCUT2D eigenvalue weighted by molar-refractivity contribution is 0.0737. The Morgan fingerprint density at radius 2 is 2.00 bits per heavy atom. The van der Waals surface area contributed by atoms with Gasteiger partial charge in [-0.1, -0.05) is 23.7 Å². The third kappa shape index (κ3) is 2.63. The minimum atomic E-state index is -0.214. The van der Waals surface area contributed by atoms with E-state index in [0.29, 0.717) is 16.4 Å². The van der Waals surface area contributed by atoms with Gasteiger partial charge in [-0.05, 0) is 31.5 Å². The van der Waals surface area contributed by atoms with Crippen molar-refractivity contribution >= 4 is 23.2 Å². The monoisotopic (exact) mass is 292 g/mol. The molecule has 20 heavy (non-hydrogen) atoms. The Balaban J connectivity index is 2.22. The van der Waals surface area contributed by atoms with Crippen LogP contribution in [0.1, 0.15) is 34.7 Å². The molecule has 106 valence electrons. The molecule has 1 unspecified atom stereocenters. The van der Waals surface area contributed by atoms with Crippen molar-refractivity contribution in [2.45, 2.75) is 19.9 Å². The first-order chi connectivity index (χ1) is 9.41. The van der Waals surface area contributed by atoms with E-state index in [1.807, 2.05) is 19.1 Å². The molecule has 0 aliphatic rings. The van der Waals surface area contributed by atoms with E-state index in [0.717, 1.165) is 5.56 Å². The summed E-state index contributed by atoms with van der Waals surface area (Å²) in [5.74, 6) is -0.214. The Kier molecular flexibility index (Phi) is 3.99. The SMILES string of the molecule is Cc1[nH]nc(C(=O)N(C)C(C)c2ccc(Cl)cc2)c1N. The summed E-state index contributed by atoms with van der Waals surface area (Å²) in [4.78, 5) is 14.0. The van der Waals surface area contributed by atoms with E-state index in [4.69, 9.17) is 17.3 Å². The normalized spacial score (nSPS) is 12.2. The van der Waals surface area contributed by atoms with Gasteiger partial charge >= 0.3 is 0 Å². The second kappa shape index (κ2) is 5.54. The van der Waals surface area contributed by atoms with Crippen LogP contribution < -0.4 is 5.73 Å². The summed E-state index contributed by atoms with van der Waals surface area (Å²) >= 11 is 5.87. The van der Waals surface area contributed by atoms with Crippen LogP contribution in [0.5, 0.6) is 0 Å². The molecule has 2 rings (SSSR count). The highest BCUT2D eigenvalue weighted by molar-refractivity contribution is 6.30. The van der Waals surface area contributed by atoms with Crippen LogP contribution in [0.3, 0.4) is 0 Å². The van der Waals surface area contributed by atoms with Gasteiger partial charge in [0, 0.05) is 12.1 Å². The number of halogens is 1. The fraction of sp³-hybridized carbons (Fsp3) is 0.286. The van der Waals surface area contributed by atoms with Gasteiger partial charge in [0.2, 0.25) is 0 Å². The fourth-order valence-corrected chi connectivity index (χ4v) is 2.03. The molecule has 2 aromatic rings. The van der Waals surface area contributed by atoms with Gasteiger partial charge in [-0.25, -0.2) is 0 Å². The molecule has 6 heteroatoms. The number of amides is 1. The van der Waals surface area contributed by atoms with Crippen molar-refractivity contribution in [2.24, 2.45) is 0 Å². The Labute approximate surface area is 122 Å². The van der Waals surface area contributed by atoms with E-state index in [2.05, 4.69) is 10.2 Å². The van der Waals surface area contributed by atoms with Gasteiger partial charge in [-0.3, -0.25) is 9.89 Å². The Morgan fingerprint density at radius 1 is 1.40 bits per heavy atom. The zero-order valence-electron chi connectivity index (χ0n) is 11.6. The molecule has 1 aromatic heterocycles. The van der Waals surface area contributed by atoms with Crippen molar-refractivity contribution in [3.05, 3.63) is 46.2 Å². The number of carbonyl (C=O) groups excluding carboxylic acids is 1. The zero-order valence-corrected chi connectivity index (χ0v) is 12.4. The lowest BCUT2D eigenvalue weighted by Crippen LogP contribution is -2.30. The van der Waals surface area contributed by atoms with Gasteiger partial charge in [0.15, 0.2) is 5.69 Å². The maximum absolute atomic E-state index is 12.4. The highest BCUT2D eigenvalue weighted by Crippen LogP contribution is 2.23. The number of hydrogen-bond acceptors (Lipinski definition) is 3. The number of anilines is 1. The Hall–Kier alpha value is -2.01. The average Bonchev–Trinajstić information content (AvgIpc) is 2.77. The predicted molar refractivity (Wildman–Crippen MR) is 79.7 cm³/mol. The van der Waals surface area contributed by atoms with Crippen molar-refractivity contribution in [1.82, 2.24) is 15.1 Å². The molecular weight excluding hydrogens is 276 g/mol. The summed E-state index contributed by atoms with van der Waals surface area (Å²) in [7, 11) is 1.73. The molecule has 0 bridgehead atoms. The van der Waals surface area contributed by atoms with Crippen LogP contribution in [0.25, 0.3) is 0 Å². The number of nitrogen functional groups attached to an aromatic ring is 1. The number of H-pyrrole nitrogens is 1. The average molecular weight is 293 g/mol. The molecule has 1 heterocycles. The first-order valence-electron chi connectivity index (χ1n) is 6.25. The van der Waals surface area contributed by atoms with E-state index in [-0.39, 0.29) is 17.6 Å². The third-order valence-corrected chi connectivity index (χ3v) is 3.70. The van der Waals surface area contributed by atoms with E-state index >= 15 is 0 Å². The Morgan fingerprint density at radius 3 is 2.50 bits per heavy atom. The lowest BCUT2D eigenvalue weighted by atomic mass is 10.1. The molecule has 1 amide bonds. The number of carbonyl (C=O) groups is 1. The number of aromatic amines is 1. The topological polar surface area (TPSA) is 75.0 Å². The number of rotatable bonds is 3. The van der Waals surface area contributed by atoms with Crippen molar-refractivity contribution < 1.29 is 4.79 Å². The number of benzene rings is 1. The molecule has 0 saturated carbocycles. The van der Waals surface area contributed by atoms with Crippen LogP contribution >= 0.6 is 11.6 Å². The minimum Gasteiger partial charge on any atom is -0.395 e. The highest BCUT2D eigenvalue weighted by atomic mass is 35.5. The van der Waals surface area contributed by atoms with Crippen LogP contribution in [0.4, 0.5) is 5.69 Å². The molecule has 3 N–H and O–H groups in total. The van der Waals surface area contributed by atoms with Crippen molar-refractivity contribution in [2.75, 3.05) is 12.8 Å².